The Hall–Kier alpha value is -1.94. The first kappa shape index (κ1) is 11.5. The Morgan fingerprint density at radius 3 is 2.88 bits per heavy atom. The van der Waals surface area contributed by atoms with Crippen molar-refractivity contribution in [2.45, 2.75) is 13.5 Å². The van der Waals surface area contributed by atoms with Crippen LogP contribution in [0.3, 0.4) is 0 Å². The van der Waals surface area contributed by atoms with Crippen LogP contribution in [0.1, 0.15) is 11.1 Å². The minimum atomic E-state index is -0.503. The molecule has 0 aliphatic carbocycles. The van der Waals surface area contributed by atoms with E-state index >= 15 is 0 Å². The number of ether oxygens (including phenoxy) is 1. The van der Waals surface area contributed by atoms with E-state index in [0.29, 0.717) is 11.3 Å². The van der Waals surface area contributed by atoms with Gasteiger partial charge in [0.1, 0.15) is 5.75 Å². The number of nitrogens with two attached hydrogens (primary N) is 1. The van der Waals surface area contributed by atoms with Crippen LogP contribution in [0.25, 0.3) is 0 Å². The van der Waals surface area contributed by atoms with Crippen molar-refractivity contribution in [2.24, 2.45) is 5.73 Å². The van der Waals surface area contributed by atoms with E-state index in [-0.39, 0.29) is 12.4 Å². The lowest BCUT2D eigenvalue weighted by atomic mass is 10.2. The summed E-state index contributed by atoms with van der Waals surface area (Å²) in [5.41, 5.74) is 6.84. The number of aromatic nitrogens is 1. The summed E-state index contributed by atoms with van der Waals surface area (Å²) in [6.45, 7) is 2.06. The highest BCUT2D eigenvalue weighted by atomic mass is 19.1. The van der Waals surface area contributed by atoms with Crippen LogP contribution in [-0.2, 0) is 6.54 Å². The van der Waals surface area contributed by atoms with Crippen LogP contribution in [0.15, 0.2) is 36.5 Å². The zero-order valence-electron chi connectivity index (χ0n) is 9.48. The van der Waals surface area contributed by atoms with E-state index in [1.165, 1.54) is 6.20 Å². The van der Waals surface area contributed by atoms with E-state index < -0.39 is 5.82 Å². The lowest BCUT2D eigenvalue weighted by molar-refractivity contribution is 0.419. The van der Waals surface area contributed by atoms with Gasteiger partial charge in [0.05, 0.1) is 0 Å². The Labute approximate surface area is 99.1 Å². The molecule has 0 atom stereocenters. The maximum atomic E-state index is 13.8. The molecule has 1 heterocycles. The lowest BCUT2D eigenvalue weighted by Crippen LogP contribution is -2.02. The molecule has 0 fully saturated rings. The summed E-state index contributed by atoms with van der Waals surface area (Å²) in [5.74, 6) is 0.0145. The van der Waals surface area contributed by atoms with Crippen molar-refractivity contribution >= 4 is 0 Å². The highest BCUT2D eigenvalue weighted by Crippen LogP contribution is 2.24. The Bertz CT molecular complexity index is 529. The smallest absolute Gasteiger partial charge is 0.256 e. The van der Waals surface area contributed by atoms with Gasteiger partial charge < -0.3 is 10.5 Å². The number of hydrogen-bond acceptors (Lipinski definition) is 3. The van der Waals surface area contributed by atoms with Crippen LogP contribution < -0.4 is 10.5 Å². The molecule has 0 aliphatic heterocycles. The highest BCUT2D eigenvalue weighted by molar-refractivity contribution is 5.32. The van der Waals surface area contributed by atoms with Gasteiger partial charge >= 0.3 is 0 Å². The molecule has 0 unspecified atom stereocenters. The molecule has 2 N–H and O–H groups in total. The maximum absolute atomic E-state index is 13.8. The number of rotatable bonds is 3. The lowest BCUT2D eigenvalue weighted by Gasteiger charge is -2.08. The number of hydrogen-bond donors (Lipinski definition) is 1. The van der Waals surface area contributed by atoms with Gasteiger partial charge in [0.2, 0.25) is 0 Å². The third-order valence-electron chi connectivity index (χ3n) is 2.36. The van der Waals surface area contributed by atoms with E-state index in [1.807, 2.05) is 25.1 Å². The molecule has 4 heteroatoms. The molecule has 88 valence electrons. The maximum Gasteiger partial charge on any atom is 0.256 e. The van der Waals surface area contributed by atoms with Gasteiger partial charge in [-0.05, 0) is 30.7 Å². The average Bonchev–Trinajstić information content (AvgIpc) is 2.32. The van der Waals surface area contributed by atoms with Gasteiger partial charge in [0, 0.05) is 18.3 Å². The summed E-state index contributed by atoms with van der Waals surface area (Å²) in [6.07, 6.45) is 1.48. The number of pyridine rings is 1. The topological polar surface area (TPSA) is 48.1 Å². The van der Waals surface area contributed by atoms with E-state index in [2.05, 4.69) is 4.98 Å². The van der Waals surface area contributed by atoms with Gasteiger partial charge in [0.25, 0.3) is 5.88 Å². The first-order valence-electron chi connectivity index (χ1n) is 5.28. The molecule has 0 bridgehead atoms. The van der Waals surface area contributed by atoms with Crippen LogP contribution in [-0.4, -0.2) is 4.98 Å². The first-order chi connectivity index (χ1) is 8.20. The molecule has 0 aliphatic rings. The van der Waals surface area contributed by atoms with Gasteiger partial charge in [-0.1, -0.05) is 12.1 Å². The second-order valence-corrected chi connectivity index (χ2v) is 3.71. The minimum absolute atomic E-state index is 0.0430. The molecule has 2 aromatic rings. The van der Waals surface area contributed by atoms with Gasteiger partial charge in [-0.15, -0.1) is 0 Å². The fourth-order valence-corrected chi connectivity index (χ4v) is 1.48. The Morgan fingerprint density at radius 2 is 2.18 bits per heavy atom. The second kappa shape index (κ2) is 4.93. The number of halogens is 1. The van der Waals surface area contributed by atoms with Crippen LogP contribution in [0.2, 0.25) is 0 Å². The van der Waals surface area contributed by atoms with Crippen LogP contribution >= 0.6 is 0 Å². The molecule has 0 saturated heterocycles. The molecule has 1 aromatic heterocycles. The van der Waals surface area contributed by atoms with Crippen molar-refractivity contribution in [2.75, 3.05) is 0 Å². The highest BCUT2D eigenvalue weighted by Gasteiger charge is 2.10. The first-order valence-corrected chi connectivity index (χ1v) is 5.28. The zero-order valence-corrected chi connectivity index (χ0v) is 9.48. The fraction of sp³-hybridized carbons (Fsp3) is 0.154. The molecule has 0 saturated carbocycles. The van der Waals surface area contributed by atoms with Crippen molar-refractivity contribution < 1.29 is 9.13 Å². The average molecular weight is 232 g/mol. The molecular weight excluding hydrogens is 219 g/mol. The van der Waals surface area contributed by atoms with Crippen LogP contribution in [0.5, 0.6) is 11.6 Å². The quantitative estimate of drug-likeness (QED) is 0.885. The SMILES string of the molecule is Cc1cccc(Oc2nccc(CN)c2F)c1. The third kappa shape index (κ3) is 2.60. The summed E-state index contributed by atoms with van der Waals surface area (Å²) in [5, 5.41) is 0. The van der Waals surface area contributed by atoms with Gasteiger partial charge in [-0.3, -0.25) is 0 Å². The fourth-order valence-electron chi connectivity index (χ4n) is 1.48. The van der Waals surface area contributed by atoms with Crippen molar-refractivity contribution in [3.05, 3.63) is 53.5 Å². The number of benzene rings is 1. The van der Waals surface area contributed by atoms with Crippen molar-refractivity contribution in [1.82, 2.24) is 4.98 Å². The summed E-state index contributed by atoms with van der Waals surface area (Å²) in [4.78, 5) is 3.86. The molecule has 0 spiro atoms. The minimum Gasteiger partial charge on any atom is -0.436 e. The summed E-state index contributed by atoms with van der Waals surface area (Å²) < 4.78 is 19.2. The monoisotopic (exact) mass is 232 g/mol. The van der Waals surface area contributed by atoms with Gasteiger partial charge in [0.15, 0.2) is 5.82 Å². The molecular formula is C13H13FN2O. The van der Waals surface area contributed by atoms with Crippen LogP contribution in [0.4, 0.5) is 4.39 Å². The Kier molecular flexibility index (Phi) is 3.35. The molecule has 3 nitrogen and oxygen atoms in total. The largest absolute Gasteiger partial charge is 0.436 e. The standard InChI is InChI=1S/C13H13FN2O/c1-9-3-2-4-11(7-9)17-13-12(14)10(8-15)5-6-16-13/h2-7H,8,15H2,1H3. The predicted molar refractivity (Wildman–Crippen MR) is 63.3 cm³/mol. The van der Waals surface area contributed by atoms with E-state index in [4.69, 9.17) is 10.5 Å². The summed E-state index contributed by atoms with van der Waals surface area (Å²) in [7, 11) is 0. The van der Waals surface area contributed by atoms with Crippen molar-refractivity contribution in [3.63, 3.8) is 0 Å². The van der Waals surface area contributed by atoms with Crippen LogP contribution in [0, 0.1) is 12.7 Å². The van der Waals surface area contributed by atoms with Gasteiger partial charge in [-0.2, -0.15) is 0 Å². The molecule has 1 aromatic carbocycles. The molecule has 2 rings (SSSR count). The normalized spacial score (nSPS) is 10.3. The molecule has 0 radical (unpaired) electrons. The zero-order chi connectivity index (χ0) is 12.3. The van der Waals surface area contributed by atoms with E-state index in [1.54, 1.807) is 12.1 Å². The number of nitrogens with zero attached hydrogens (tertiary/aromatic N) is 1. The number of aryl methyl sites for hydroxylation is 1. The van der Waals surface area contributed by atoms with E-state index in [9.17, 15) is 4.39 Å². The molecule has 17 heavy (non-hydrogen) atoms. The Balaban J connectivity index is 2.30. The summed E-state index contributed by atoms with van der Waals surface area (Å²) in [6, 6.07) is 8.89. The van der Waals surface area contributed by atoms with E-state index in [0.717, 1.165) is 5.56 Å². The van der Waals surface area contributed by atoms with Crippen molar-refractivity contribution in [3.8, 4) is 11.6 Å². The second-order valence-electron chi connectivity index (χ2n) is 3.71. The third-order valence-corrected chi connectivity index (χ3v) is 2.36. The Morgan fingerprint density at radius 1 is 1.35 bits per heavy atom. The summed E-state index contributed by atoms with van der Waals surface area (Å²) >= 11 is 0. The predicted octanol–water partition coefficient (Wildman–Crippen LogP) is 2.78. The van der Waals surface area contributed by atoms with Gasteiger partial charge in [-0.25, -0.2) is 9.37 Å². The molecule has 0 amide bonds. The van der Waals surface area contributed by atoms with Crippen molar-refractivity contribution in [1.29, 1.82) is 0 Å².